The van der Waals surface area contributed by atoms with Crippen LogP contribution in [0.15, 0.2) is 6.20 Å². The van der Waals surface area contributed by atoms with Crippen molar-refractivity contribution in [3.05, 3.63) is 11.9 Å². The molecule has 0 aliphatic carbocycles. The molecule has 0 spiro atoms. The topological polar surface area (TPSA) is 67.2 Å². The standard InChI is InChI=1S/C9H15N3O2/c1-4-7(9(13)14)10-8-5-12(3)11-6(8)2/h5,7,10H,4H2,1-3H3,(H,13,14). The number of rotatable bonds is 4. The number of carboxylic acids is 1. The van der Waals surface area contributed by atoms with Gasteiger partial charge in [-0.25, -0.2) is 4.79 Å². The SMILES string of the molecule is CCC(Nc1cn(C)nc1C)C(=O)O. The summed E-state index contributed by atoms with van der Waals surface area (Å²) in [4.78, 5) is 10.8. The fraction of sp³-hybridized carbons (Fsp3) is 0.556. The van der Waals surface area contributed by atoms with Crippen LogP contribution in [-0.2, 0) is 11.8 Å². The van der Waals surface area contributed by atoms with Crippen LogP contribution in [0.1, 0.15) is 19.0 Å². The molecule has 5 nitrogen and oxygen atoms in total. The second kappa shape index (κ2) is 4.13. The Labute approximate surface area is 82.7 Å². The second-order valence-electron chi connectivity index (χ2n) is 3.25. The summed E-state index contributed by atoms with van der Waals surface area (Å²) in [6.07, 6.45) is 2.32. The van der Waals surface area contributed by atoms with Crippen molar-refractivity contribution in [1.29, 1.82) is 0 Å². The van der Waals surface area contributed by atoms with Crippen LogP contribution < -0.4 is 5.32 Å². The lowest BCUT2D eigenvalue weighted by Gasteiger charge is -2.11. The van der Waals surface area contributed by atoms with Crippen molar-refractivity contribution in [3.63, 3.8) is 0 Å². The third-order valence-electron chi connectivity index (χ3n) is 2.05. The van der Waals surface area contributed by atoms with Crippen LogP contribution in [-0.4, -0.2) is 26.9 Å². The van der Waals surface area contributed by atoms with Crippen LogP contribution in [0.4, 0.5) is 5.69 Å². The Hall–Kier alpha value is -1.52. The molecule has 1 aromatic heterocycles. The van der Waals surface area contributed by atoms with E-state index in [2.05, 4.69) is 10.4 Å². The largest absolute Gasteiger partial charge is 0.480 e. The summed E-state index contributed by atoms with van der Waals surface area (Å²) >= 11 is 0. The minimum Gasteiger partial charge on any atom is -0.480 e. The molecular formula is C9H15N3O2. The number of nitrogens with zero attached hydrogens (tertiary/aromatic N) is 2. The molecule has 78 valence electrons. The van der Waals surface area contributed by atoms with Crippen LogP contribution in [0.2, 0.25) is 0 Å². The molecule has 0 saturated heterocycles. The summed E-state index contributed by atoms with van der Waals surface area (Å²) in [5.74, 6) is -0.837. The zero-order chi connectivity index (χ0) is 10.7. The highest BCUT2D eigenvalue weighted by Gasteiger charge is 2.16. The zero-order valence-electron chi connectivity index (χ0n) is 8.61. The highest BCUT2D eigenvalue weighted by Crippen LogP contribution is 2.13. The molecule has 0 aromatic carbocycles. The summed E-state index contributed by atoms with van der Waals surface area (Å²) in [5, 5.41) is 15.9. The highest BCUT2D eigenvalue weighted by molar-refractivity contribution is 5.77. The number of aromatic nitrogens is 2. The molecule has 0 bridgehead atoms. The number of aryl methyl sites for hydroxylation is 2. The first-order valence-electron chi connectivity index (χ1n) is 4.54. The Morgan fingerprint density at radius 2 is 2.43 bits per heavy atom. The monoisotopic (exact) mass is 197 g/mol. The van der Waals surface area contributed by atoms with E-state index in [1.807, 2.05) is 13.8 Å². The predicted octanol–water partition coefficient (Wildman–Crippen LogP) is 1.00. The molecule has 2 N–H and O–H groups in total. The quantitative estimate of drug-likeness (QED) is 0.755. The van der Waals surface area contributed by atoms with Crippen molar-refractivity contribution in [3.8, 4) is 0 Å². The van der Waals surface area contributed by atoms with Gasteiger partial charge in [-0.05, 0) is 13.3 Å². The highest BCUT2D eigenvalue weighted by atomic mass is 16.4. The minimum absolute atomic E-state index is 0.544. The Morgan fingerprint density at radius 1 is 1.79 bits per heavy atom. The van der Waals surface area contributed by atoms with E-state index in [0.717, 1.165) is 11.4 Å². The number of hydrogen-bond acceptors (Lipinski definition) is 3. The number of nitrogens with one attached hydrogen (secondary N) is 1. The van der Waals surface area contributed by atoms with E-state index in [9.17, 15) is 4.79 Å². The van der Waals surface area contributed by atoms with Crippen molar-refractivity contribution >= 4 is 11.7 Å². The normalized spacial score (nSPS) is 12.5. The Morgan fingerprint density at radius 3 is 2.79 bits per heavy atom. The van der Waals surface area contributed by atoms with Crippen molar-refractivity contribution in [1.82, 2.24) is 9.78 Å². The van der Waals surface area contributed by atoms with Gasteiger partial charge in [0.05, 0.1) is 11.4 Å². The molecule has 0 radical (unpaired) electrons. The molecule has 0 amide bonds. The van der Waals surface area contributed by atoms with Gasteiger partial charge in [-0.1, -0.05) is 6.92 Å². The first kappa shape index (κ1) is 10.6. The van der Waals surface area contributed by atoms with Crippen molar-refractivity contribution in [2.45, 2.75) is 26.3 Å². The molecule has 0 saturated carbocycles. The zero-order valence-corrected chi connectivity index (χ0v) is 8.61. The lowest BCUT2D eigenvalue weighted by molar-refractivity contribution is -0.137. The van der Waals surface area contributed by atoms with E-state index in [0.29, 0.717) is 6.42 Å². The molecule has 1 rings (SSSR count). The molecule has 5 heteroatoms. The number of carboxylic acid groups (broad SMARTS) is 1. The smallest absolute Gasteiger partial charge is 0.326 e. The van der Waals surface area contributed by atoms with E-state index in [1.54, 1.807) is 17.9 Å². The first-order chi connectivity index (χ1) is 6.54. The Kier molecular flexibility index (Phi) is 3.11. The van der Waals surface area contributed by atoms with Crippen molar-refractivity contribution in [2.75, 3.05) is 5.32 Å². The minimum atomic E-state index is -0.837. The summed E-state index contributed by atoms with van der Waals surface area (Å²) in [6, 6.07) is -0.544. The van der Waals surface area contributed by atoms with Gasteiger partial charge in [0.25, 0.3) is 0 Å². The Balaban J connectivity index is 2.76. The number of carbonyl (C=O) groups is 1. The van der Waals surface area contributed by atoms with Crippen LogP contribution in [0.3, 0.4) is 0 Å². The number of anilines is 1. The maximum absolute atomic E-state index is 10.8. The maximum atomic E-state index is 10.8. The van der Waals surface area contributed by atoms with Crippen LogP contribution in [0.5, 0.6) is 0 Å². The first-order valence-corrected chi connectivity index (χ1v) is 4.54. The Bertz CT molecular complexity index is 333. The van der Waals surface area contributed by atoms with Crippen LogP contribution >= 0.6 is 0 Å². The van der Waals surface area contributed by atoms with E-state index < -0.39 is 12.0 Å². The van der Waals surface area contributed by atoms with Gasteiger partial charge in [0.1, 0.15) is 6.04 Å². The molecule has 0 aliphatic heterocycles. The van der Waals surface area contributed by atoms with Crippen LogP contribution in [0, 0.1) is 6.92 Å². The average Bonchev–Trinajstić information content (AvgIpc) is 2.40. The molecular weight excluding hydrogens is 182 g/mol. The molecule has 14 heavy (non-hydrogen) atoms. The fourth-order valence-electron chi connectivity index (χ4n) is 1.27. The number of hydrogen-bond donors (Lipinski definition) is 2. The average molecular weight is 197 g/mol. The lowest BCUT2D eigenvalue weighted by Crippen LogP contribution is -2.28. The predicted molar refractivity (Wildman–Crippen MR) is 53.3 cm³/mol. The second-order valence-corrected chi connectivity index (χ2v) is 3.25. The summed E-state index contributed by atoms with van der Waals surface area (Å²) in [6.45, 7) is 3.67. The van der Waals surface area contributed by atoms with Crippen molar-refractivity contribution < 1.29 is 9.90 Å². The number of aliphatic carboxylic acids is 1. The van der Waals surface area contributed by atoms with E-state index in [1.165, 1.54) is 0 Å². The van der Waals surface area contributed by atoms with E-state index in [4.69, 9.17) is 5.11 Å². The molecule has 1 aromatic rings. The summed E-state index contributed by atoms with van der Waals surface area (Å²) in [5.41, 5.74) is 1.59. The molecule has 1 unspecified atom stereocenters. The van der Waals surface area contributed by atoms with E-state index in [-0.39, 0.29) is 0 Å². The summed E-state index contributed by atoms with van der Waals surface area (Å²) in [7, 11) is 1.81. The fourth-order valence-corrected chi connectivity index (χ4v) is 1.27. The van der Waals surface area contributed by atoms with E-state index >= 15 is 0 Å². The molecule has 1 atom stereocenters. The van der Waals surface area contributed by atoms with Gasteiger partial charge < -0.3 is 10.4 Å². The molecule has 0 fully saturated rings. The summed E-state index contributed by atoms with van der Waals surface area (Å²) < 4.78 is 1.66. The van der Waals surface area contributed by atoms with Gasteiger partial charge in [-0.2, -0.15) is 5.10 Å². The third kappa shape index (κ3) is 2.25. The third-order valence-corrected chi connectivity index (χ3v) is 2.05. The van der Waals surface area contributed by atoms with Gasteiger partial charge >= 0.3 is 5.97 Å². The lowest BCUT2D eigenvalue weighted by atomic mass is 10.2. The maximum Gasteiger partial charge on any atom is 0.326 e. The van der Waals surface area contributed by atoms with Gasteiger partial charge in [-0.15, -0.1) is 0 Å². The van der Waals surface area contributed by atoms with Gasteiger partial charge in [-0.3, -0.25) is 4.68 Å². The van der Waals surface area contributed by atoms with Crippen molar-refractivity contribution in [2.24, 2.45) is 7.05 Å². The van der Waals surface area contributed by atoms with Crippen LogP contribution in [0.25, 0.3) is 0 Å². The molecule has 1 heterocycles. The van der Waals surface area contributed by atoms with Gasteiger partial charge in [0, 0.05) is 13.2 Å². The van der Waals surface area contributed by atoms with Gasteiger partial charge in [0.15, 0.2) is 0 Å². The molecule has 0 aliphatic rings. The van der Waals surface area contributed by atoms with Gasteiger partial charge in [0.2, 0.25) is 0 Å².